The maximum atomic E-state index is 13.1. The lowest BCUT2D eigenvalue weighted by Crippen LogP contribution is -2.46. The van der Waals surface area contributed by atoms with Crippen LogP contribution in [0.15, 0.2) is 41.2 Å². The van der Waals surface area contributed by atoms with Crippen LogP contribution in [0.3, 0.4) is 0 Å². The van der Waals surface area contributed by atoms with Crippen LogP contribution in [-0.4, -0.2) is 18.4 Å². The van der Waals surface area contributed by atoms with E-state index in [0.29, 0.717) is 11.1 Å². The predicted octanol–water partition coefficient (Wildman–Crippen LogP) is 2.85. The molecule has 0 spiro atoms. The fourth-order valence-corrected chi connectivity index (χ4v) is 2.52. The van der Waals surface area contributed by atoms with Gasteiger partial charge in [-0.3, -0.25) is 9.59 Å². The standard InChI is InChI=1S/C16H16ClFN2O3/c1-16(2,12-4-3-11(18)7-13(12)17)20-14(21)8-19-15(22)10-5-6-23-9-10/h3-7,9H,8H2,1-2H3,(H,19,22)(H,20,21). The lowest BCUT2D eigenvalue weighted by molar-refractivity contribution is -0.121. The van der Waals surface area contributed by atoms with Crippen LogP contribution in [0.1, 0.15) is 29.8 Å². The van der Waals surface area contributed by atoms with E-state index in [9.17, 15) is 14.0 Å². The zero-order valence-electron chi connectivity index (χ0n) is 12.7. The van der Waals surface area contributed by atoms with Gasteiger partial charge in [-0.25, -0.2) is 4.39 Å². The Bertz CT molecular complexity index is 714. The second-order valence-corrected chi connectivity index (χ2v) is 5.90. The van der Waals surface area contributed by atoms with Crippen molar-refractivity contribution in [2.24, 2.45) is 0 Å². The molecule has 23 heavy (non-hydrogen) atoms. The van der Waals surface area contributed by atoms with Crippen LogP contribution in [0, 0.1) is 5.82 Å². The lowest BCUT2D eigenvalue weighted by atomic mass is 9.94. The maximum absolute atomic E-state index is 13.1. The van der Waals surface area contributed by atoms with Crippen molar-refractivity contribution in [2.75, 3.05) is 6.54 Å². The number of rotatable bonds is 5. The summed E-state index contributed by atoms with van der Waals surface area (Å²) in [7, 11) is 0. The summed E-state index contributed by atoms with van der Waals surface area (Å²) in [6, 6.07) is 5.47. The third-order valence-corrected chi connectivity index (χ3v) is 3.56. The molecule has 0 saturated carbocycles. The Hall–Kier alpha value is -2.34. The van der Waals surface area contributed by atoms with E-state index in [1.54, 1.807) is 13.8 Å². The molecule has 2 rings (SSSR count). The second-order valence-electron chi connectivity index (χ2n) is 5.49. The van der Waals surface area contributed by atoms with E-state index in [-0.39, 0.29) is 11.6 Å². The molecular weight excluding hydrogens is 323 g/mol. The fourth-order valence-electron chi connectivity index (χ4n) is 2.11. The van der Waals surface area contributed by atoms with Crippen molar-refractivity contribution in [2.45, 2.75) is 19.4 Å². The number of halogens is 2. The number of hydrogen-bond acceptors (Lipinski definition) is 3. The topological polar surface area (TPSA) is 71.3 Å². The Morgan fingerprint density at radius 2 is 2.04 bits per heavy atom. The summed E-state index contributed by atoms with van der Waals surface area (Å²) in [5.74, 6) is -1.26. The van der Waals surface area contributed by atoms with Gasteiger partial charge in [-0.1, -0.05) is 17.7 Å². The quantitative estimate of drug-likeness (QED) is 0.880. The van der Waals surface area contributed by atoms with Crippen LogP contribution in [0.4, 0.5) is 4.39 Å². The summed E-state index contributed by atoms with van der Waals surface area (Å²) in [4.78, 5) is 23.7. The molecule has 2 amide bonds. The lowest BCUT2D eigenvalue weighted by Gasteiger charge is -2.28. The summed E-state index contributed by atoms with van der Waals surface area (Å²) in [6.07, 6.45) is 2.66. The van der Waals surface area contributed by atoms with E-state index >= 15 is 0 Å². The molecule has 0 atom stereocenters. The van der Waals surface area contributed by atoms with Gasteiger partial charge < -0.3 is 15.1 Å². The number of nitrogens with one attached hydrogen (secondary N) is 2. The average molecular weight is 339 g/mol. The van der Waals surface area contributed by atoms with Crippen molar-refractivity contribution in [3.05, 3.63) is 58.8 Å². The predicted molar refractivity (Wildman–Crippen MR) is 83.6 cm³/mol. The van der Waals surface area contributed by atoms with Crippen molar-refractivity contribution < 1.29 is 18.4 Å². The van der Waals surface area contributed by atoms with Gasteiger partial charge in [0.05, 0.1) is 23.9 Å². The van der Waals surface area contributed by atoms with Crippen molar-refractivity contribution in [3.8, 4) is 0 Å². The zero-order valence-corrected chi connectivity index (χ0v) is 13.4. The molecular formula is C16H16ClFN2O3. The van der Waals surface area contributed by atoms with Gasteiger partial charge in [-0.15, -0.1) is 0 Å². The Labute approximate surface area is 137 Å². The molecule has 5 nitrogen and oxygen atoms in total. The van der Waals surface area contributed by atoms with Crippen LogP contribution >= 0.6 is 11.6 Å². The van der Waals surface area contributed by atoms with Crippen LogP contribution < -0.4 is 10.6 Å². The van der Waals surface area contributed by atoms with Crippen LogP contribution in [0.25, 0.3) is 0 Å². The first-order valence-corrected chi connectivity index (χ1v) is 7.24. The van der Waals surface area contributed by atoms with Gasteiger partial charge in [0.1, 0.15) is 12.1 Å². The van der Waals surface area contributed by atoms with Gasteiger partial charge in [-0.05, 0) is 37.6 Å². The maximum Gasteiger partial charge on any atom is 0.254 e. The molecule has 2 N–H and O–H groups in total. The van der Waals surface area contributed by atoms with Gasteiger partial charge in [0.25, 0.3) is 5.91 Å². The largest absolute Gasteiger partial charge is 0.472 e. The number of benzene rings is 1. The molecule has 0 aliphatic heterocycles. The Kier molecular flexibility index (Phi) is 5.05. The highest BCUT2D eigenvalue weighted by Gasteiger charge is 2.25. The molecule has 122 valence electrons. The normalized spacial score (nSPS) is 11.1. The number of carbonyl (C=O) groups is 2. The monoisotopic (exact) mass is 338 g/mol. The van der Waals surface area contributed by atoms with E-state index in [2.05, 4.69) is 10.6 Å². The summed E-state index contributed by atoms with van der Waals surface area (Å²) in [5, 5.41) is 5.45. The molecule has 0 unspecified atom stereocenters. The smallest absolute Gasteiger partial charge is 0.254 e. The SMILES string of the molecule is CC(C)(NC(=O)CNC(=O)c1ccoc1)c1ccc(F)cc1Cl. The summed E-state index contributed by atoms with van der Waals surface area (Å²) < 4.78 is 17.9. The van der Waals surface area contributed by atoms with Gasteiger partial charge in [0, 0.05) is 5.02 Å². The first kappa shape index (κ1) is 17.0. The van der Waals surface area contributed by atoms with Crippen LogP contribution in [0.2, 0.25) is 5.02 Å². The number of carbonyl (C=O) groups excluding carboxylic acids is 2. The number of amides is 2. The molecule has 1 aromatic carbocycles. The summed E-state index contributed by atoms with van der Waals surface area (Å²) in [5.41, 5.74) is 0.0936. The molecule has 0 fully saturated rings. The molecule has 1 heterocycles. The van der Waals surface area contributed by atoms with E-state index in [1.807, 2.05) is 0 Å². The van der Waals surface area contributed by atoms with E-state index < -0.39 is 23.2 Å². The molecule has 1 aromatic heterocycles. The highest BCUT2D eigenvalue weighted by atomic mass is 35.5. The highest BCUT2D eigenvalue weighted by Crippen LogP contribution is 2.28. The van der Waals surface area contributed by atoms with E-state index in [0.717, 1.165) is 0 Å². The third-order valence-electron chi connectivity index (χ3n) is 3.25. The summed E-state index contributed by atoms with van der Waals surface area (Å²) in [6.45, 7) is 3.27. The molecule has 2 aromatic rings. The van der Waals surface area contributed by atoms with Crippen molar-refractivity contribution >= 4 is 23.4 Å². The minimum Gasteiger partial charge on any atom is -0.472 e. The fraction of sp³-hybridized carbons (Fsp3) is 0.250. The van der Waals surface area contributed by atoms with E-state index in [4.69, 9.17) is 16.0 Å². The minimum absolute atomic E-state index is 0.202. The first-order valence-electron chi connectivity index (χ1n) is 6.86. The van der Waals surface area contributed by atoms with E-state index in [1.165, 1.54) is 36.8 Å². The Morgan fingerprint density at radius 1 is 1.30 bits per heavy atom. The first-order chi connectivity index (χ1) is 10.8. The number of hydrogen-bond donors (Lipinski definition) is 2. The molecule has 0 radical (unpaired) electrons. The summed E-state index contributed by atoms with van der Waals surface area (Å²) >= 11 is 6.02. The van der Waals surface area contributed by atoms with Crippen LogP contribution in [-0.2, 0) is 10.3 Å². The Morgan fingerprint density at radius 3 is 2.65 bits per heavy atom. The molecule has 0 saturated heterocycles. The zero-order chi connectivity index (χ0) is 17.0. The molecule has 0 bridgehead atoms. The second kappa shape index (κ2) is 6.83. The van der Waals surface area contributed by atoms with Crippen molar-refractivity contribution in [1.29, 1.82) is 0 Å². The molecule has 0 aliphatic rings. The van der Waals surface area contributed by atoms with Gasteiger partial charge in [0.2, 0.25) is 5.91 Å². The van der Waals surface area contributed by atoms with Gasteiger partial charge in [0.15, 0.2) is 0 Å². The molecule has 7 heteroatoms. The minimum atomic E-state index is -0.817. The van der Waals surface area contributed by atoms with Crippen LogP contribution in [0.5, 0.6) is 0 Å². The molecule has 0 aliphatic carbocycles. The van der Waals surface area contributed by atoms with Gasteiger partial charge in [-0.2, -0.15) is 0 Å². The van der Waals surface area contributed by atoms with Crippen molar-refractivity contribution in [3.63, 3.8) is 0 Å². The average Bonchev–Trinajstić information content (AvgIpc) is 2.98. The number of furan rings is 1. The van der Waals surface area contributed by atoms with Gasteiger partial charge >= 0.3 is 0 Å². The third kappa shape index (κ3) is 4.32. The highest BCUT2D eigenvalue weighted by molar-refractivity contribution is 6.31. The Balaban J connectivity index is 1.97. The van der Waals surface area contributed by atoms with Crippen molar-refractivity contribution in [1.82, 2.24) is 10.6 Å².